The molecule has 0 aliphatic carbocycles. The minimum atomic E-state index is -3.68. The van der Waals surface area contributed by atoms with Gasteiger partial charge in [0.05, 0.1) is 12.0 Å². The monoisotopic (exact) mass is 538 g/mol. The van der Waals surface area contributed by atoms with Crippen molar-refractivity contribution in [1.82, 2.24) is 9.21 Å². The van der Waals surface area contributed by atoms with Crippen molar-refractivity contribution in [3.63, 3.8) is 0 Å². The second kappa shape index (κ2) is 12.2. The van der Waals surface area contributed by atoms with Gasteiger partial charge in [-0.3, -0.25) is 4.79 Å². The van der Waals surface area contributed by atoms with E-state index < -0.39 is 35.1 Å². The van der Waals surface area contributed by atoms with Crippen molar-refractivity contribution in [2.75, 3.05) is 39.9 Å². The molecule has 0 atom stereocenters. The predicted octanol–water partition coefficient (Wildman–Crippen LogP) is 3.00. The van der Waals surface area contributed by atoms with Crippen LogP contribution < -0.4 is 9.47 Å². The fraction of sp³-hybridized carbons (Fsp3) is 0.360. The quantitative estimate of drug-likeness (QED) is 0.357. The first-order chi connectivity index (χ1) is 17.5. The molecule has 2 aromatic carbocycles. The molecule has 0 radical (unpaired) electrons. The zero-order valence-electron chi connectivity index (χ0n) is 20.6. The van der Waals surface area contributed by atoms with Crippen molar-refractivity contribution in [3.05, 3.63) is 59.2 Å². The minimum absolute atomic E-state index is 0.0599. The standard InChI is InChI=1S/C25H28F2N2O7S/c1-17-4-8-22(18(2)14-17)37(32,33)29-12-10-28(11-13-29)23(30)16-35-24(31)9-6-19-5-7-20(36-25(26)27)21(15-19)34-3/h4-9,14-15,25H,10-13,16H2,1-3H3/b9-6+. The Kier molecular flexibility index (Phi) is 9.22. The van der Waals surface area contributed by atoms with Crippen LogP contribution in [0.5, 0.6) is 11.5 Å². The number of rotatable bonds is 9. The third-order valence-electron chi connectivity index (χ3n) is 5.69. The third-order valence-corrected chi connectivity index (χ3v) is 7.75. The summed E-state index contributed by atoms with van der Waals surface area (Å²) in [5.74, 6) is -1.31. The fourth-order valence-electron chi connectivity index (χ4n) is 3.82. The van der Waals surface area contributed by atoms with Crippen molar-refractivity contribution >= 4 is 28.0 Å². The van der Waals surface area contributed by atoms with E-state index in [1.807, 2.05) is 13.0 Å². The third kappa shape index (κ3) is 7.26. The number of nitrogens with zero attached hydrogens (tertiary/aromatic N) is 2. The van der Waals surface area contributed by atoms with Crippen molar-refractivity contribution in [2.45, 2.75) is 25.4 Å². The number of aryl methyl sites for hydroxylation is 2. The SMILES string of the molecule is COc1cc(/C=C/C(=O)OCC(=O)N2CCN(S(=O)(=O)c3ccc(C)cc3C)CC2)ccc1OC(F)F. The van der Waals surface area contributed by atoms with Gasteiger partial charge in [0, 0.05) is 32.3 Å². The summed E-state index contributed by atoms with van der Waals surface area (Å²) in [7, 11) is -2.39. The van der Waals surface area contributed by atoms with Crippen LogP contribution in [-0.2, 0) is 24.3 Å². The molecular weight excluding hydrogens is 510 g/mol. The van der Waals surface area contributed by atoms with E-state index in [0.29, 0.717) is 11.1 Å². The maximum Gasteiger partial charge on any atom is 0.387 e. The van der Waals surface area contributed by atoms with Crippen LogP contribution in [0.2, 0.25) is 0 Å². The number of hydrogen-bond donors (Lipinski definition) is 0. The molecule has 1 aliphatic heterocycles. The van der Waals surface area contributed by atoms with E-state index in [4.69, 9.17) is 9.47 Å². The number of esters is 1. The van der Waals surface area contributed by atoms with Crippen LogP contribution in [0.25, 0.3) is 6.08 Å². The van der Waals surface area contributed by atoms with Gasteiger partial charge in [-0.15, -0.1) is 0 Å². The summed E-state index contributed by atoms with van der Waals surface area (Å²) in [4.78, 5) is 26.2. The lowest BCUT2D eigenvalue weighted by Crippen LogP contribution is -2.51. The molecule has 1 aliphatic rings. The smallest absolute Gasteiger partial charge is 0.387 e. The topological polar surface area (TPSA) is 102 Å². The molecule has 0 unspecified atom stereocenters. The van der Waals surface area contributed by atoms with Crippen LogP contribution in [0.4, 0.5) is 8.78 Å². The highest BCUT2D eigenvalue weighted by Crippen LogP contribution is 2.30. The molecule has 12 heteroatoms. The molecule has 2 aromatic rings. The summed E-state index contributed by atoms with van der Waals surface area (Å²) in [5.41, 5.74) is 2.09. The van der Waals surface area contributed by atoms with Crippen LogP contribution in [0, 0.1) is 13.8 Å². The van der Waals surface area contributed by atoms with Gasteiger partial charge < -0.3 is 19.1 Å². The Morgan fingerprint density at radius 1 is 1.03 bits per heavy atom. The number of alkyl halides is 2. The maximum atomic E-state index is 13.0. The average Bonchev–Trinajstić information content (AvgIpc) is 2.86. The lowest BCUT2D eigenvalue weighted by Gasteiger charge is -2.34. The summed E-state index contributed by atoms with van der Waals surface area (Å²) in [6.07, 6.45) is 2.46. The Labute approximate surface area is 214 Å². The number of sulfonamides is 1. The molecule has 0 bridgehead atoms. The number of benzene rings is 2. The highest BCUT2D eigenvalue weighted by atomic mass is 32.2. The molecular formula is C25H28F2N2O7S. The molecule has 3 rings (SSSR count). The van der Waals surface area contributed by atoms with Gasteiger partial charge in [-0.25, -0.2) is 13.2 Å². The first-order valence-corrected chi connectivity index (χ1v) is 12.8. The largest absolute Gasteiger partial charge is 0.493 e. The molecule has 0 saturated carbocycles. The van der Waals surface area contributed by atoms with Crippen molar-refractivity contribution in [1.29, 1.82) is 0 Å². The molecule has 1 amide bonds. The van der Waals surface area contributed by atoms with Gasteiger partial charge in [0.25, 0.3) is 5.91 Å². The van der Waals surface area contributed by atoms with Crippen molar-refractivity contribution in [2.24, 2.45) is 0 Å². The van der Waals surface area contributed by atoms with Crippen LogP contribution >= 0.6 is 0 Å². The number of ether oxygens (including phenoxy) is 3. The molecule has 9 nitrogen and oxygen atoms in total. The Bertz CT molecular complexity index is 1270. The summed E-state index contributed by atoms with van der Waals surface area (Å²) in [5, 5.41) is 0. The molecule has 0 spiro atoms. The Hall–Kier alpha value is -3.51. The summed E-state index contributed by atoms with van der Waals surface area (Å²) >= 11 is 0. The highest BCUT2D eigenvalue weighted by Gasteiger charge is 2.31. The zero-order valence-corrected chi connectivity index (χ0v) is 21.5. The minimum Gasteiger partial charge on any atom is -0.493 e. The summed E-state index contributed by atoms with van der Waals surface area (Å²) in [6, 6.07) is 9.27. The van der Waals surface area contributed by atoms with E-state index in [0.717, 1.165) is 11.6 Å². The van der Waals surface area contributed by atoms with Crippen LogP contribution in [-0.4, -0.2) is 76.0 Å². The van der Waals surface area contributed by atoms with Gasteiger partial charge >= 0.3 is 12.6 Å². The fourth-order valence-corrected chi connectivity index (χ4v) is 5.45. The number of hydrogen-bond acceptors (Lipinski definition) is 7. The van der Waals surface area contributed by atoms with E-state index in [1.165, 1.54) is 40.6 Å². The summed E-state index contributed by atoms with van der Waals surface area (Å²) < 4.78 is 66.6. The lowest BCUT2D eigenvalue weighted by atomic mass is 10.2. The van der Waals surface area contributed by atoms with Crippen LogP contribution in [0.15, 0.2) is 47.4 Å². The van der Waals surface area contributed by atoms with Gasteiger partial charge in [0.2, 0.25) is 10.0 Å². The van der Waals surface area contributed by atoms with E-state index in [1.54, 1.807) is 19.1 Å². The maximum absolute atomic E-state index is 13.0. The van der Waals surface area contributed by atoms with Gasteiger partial charge in [0.1, 0.15) is 0 Å². The Morgan fingerprint density at radius 2 is 1.73 bits per heavy atom. The molecule has 1 fully saturated rings. The van der Waals surface area contributed by atoms with Crippen LogP contribution in [0.3, 0.4) is 0 Å². The predicted molar refractivity (Wildman–Crippen MR) is 131 cm³/mol. The molecule has 1 heterocycles. The number of carbonyl (C=O) groups excluding carboxylic acids is 2. The van der Waals surface area contributed by atoms with E-state index in [9.17, 15) is 26.8 Å². The second-order valence-electron chi connectivity index (χ2n) is 8.28. The highest BCUT2D eigenvalue weighted by molar-refractivity contribution is 7.89. The number of methoxy groups -OCH3 is 1. The Balaban J connectivity index is 1.50. The van der Waals surface area contributed by atoms with Gasteiger partial charge in [-0.2, -0.15) is 13.1 Å². The van der Waals surface area contributed by atoms with Gasteiger partial charge in [-0.05, 0) is 49.2 Å². The number of carbonyl (C=O) groups is 2. The number of amides is 1. The normalized spacial score (nSPS) is 14.7. The molecule has 0 N–H and O–H groups in total. The Morgan fingerprint density at radius 3 is 2.35 bits per heavy atom. The average molecular weight is 539 g/mol. The van der Waals surface area contributed by atoms with Crippen LogP contribution in [0.1, 0.15) is 16.7 Å². The van der Waals surface area contributed by atoms with E-state index in [2.05, 4.69) is 4.74 Å². The first kappa shape index (κ1) is 28.1. The molecule has 200 valence electrons. The van der Waals surface area contributed by atoms with Gasteiger partial charge in [0.15, 0.2) is 18.1 Å². The lowest BCUT2D eigenvalue weighted by molar-refractivity contribution is -0.148. The number of halogens is 2. The van der Waals surface area contributed by atoms with Crippen molar-refractivity contribution in [3.8, 4) is 11.5 Å². The molecule has 0 aromatic heterocycles. The van der Waals surface area contributed by atoms with E-state index in [-0.39, 0.29) is 42.6 Å². The summed E-state index contributed by atoms with van der Waals surface area (Å²) in [6.45, 7) is 0.719. The van der Waals surface area contributed by atoms with Gasteiger partial charge in [-0.1, -0.05) is 23.8 Å². The number of piperazine rings is 1. The molecule has 37 heavy (non-hydrogen) atoms. The zero-order chi connectivity index (χ0) is 27.2. The molecule has 1 saturated heterocycles. The second-order valence-corrected chi connectivity index (χ2v) is 10.2. The van der Waals surface area contributed by atoms with E-state index >= 15 is 0 Å². The first-order valence-electron chi connectivity index (χ1n) is 11.3. The van der Waals surface area contributed by atoms with Crippen molar-refractivity contribution < 1.29 is 41.0 Å².